The van der Waals surface area contributed by atoms with E-state index in [0.717, 1.165) is 15.7 Å². The molecule has 0 radical (unpaired) electrons. The van der Waals surface area contributed by atoms with E-state index in [1.54, 1.807) is 10.9 Å². The van der Waals surface area contributed by atoms with Gasteiger partial charge in [0.05, 0.1) is 25.0 Å². The van der Waals surface area contributed by atoms with Crippen LogP contribution in [0.15, 0.2) is 65.3 Å². The monoisotopic (exact) mass is 399 g/mol. The normalized spacial score (nSPS) is 11.8. The molecule has 1 aromatic heterocycles. The Hall–Kier alpha value is -2.60. The minimum atomic E-state index is -0.279. The third-order valence-electron chi connectivity index (χ3n) is 3.83. The van der Waals surface area contributed by atoms with Crippen molar-refractivity contribution in [3.63, 3.8) is 0 Å². The van der Waals surface area contributed by atoms with E-state index in [1.807, 2.05) is 61.5 Å². The van der Waals surface area contributed by atoms with E-state index in [0.29, 0.717) is 5.75 Å². The number of ether oxygens (including phenoxy) is 1. The zero-order valence-corrected chi connectivity index (χ0v) is 15.5. The lowest BCUT2D eigenvalue weighted by Crippen LogP contribution is -2.27. The minimum absolute atomic E-state index is 0.156. The van der Waals surface area contributed by atoms with Crippen molar-refractivity contribution in [3.05, 3.63) is 76.5 Å². The lowest BCUT2D eigenvalue weighted by Gasteiger charge is -2.14. The number of nitrogens with one attached hydrogen (secondary N) is 1. The molecule has 6 heteroatoms. The van der Waals surface area contributed by atoms with Crippen LogP contribution in [0, 0.1) is 0 Å². The second-order valence-electron chi connectivity index (χ2n) is 5.58. The first-order chi connectivity index (χ1) is 12.1. The summed E-state index contributed by atoms with van der Waals surface area (Å²) < 4.78 is 7.93. The summed E-state index contributed by atoms with van der Waals surface area (Å²) in [6.07, 6.45) is 1.70. The highest BCUT2D eigenvalue weighted by Crippen LogP contribution is 2.22. The molecule has 128 valence electrons. The number of aromatic nitrogens is 2. The van der Waals surface area contributed by atoms with Gasteiger partial charge >= 0.3 is 0 Å². The zero-order valence-electron chi connectivity index (χ0n) is 13.9. The van der Waals surface area contributed by atoms with Crippen LogP contribution >= 0.6 is 15.9 Å². The molecule has 0 aliphatic rings. The summed E-state index contributed by atoms with van der Waals surface area (Å²) in [5.41, 5.74) is 2.12. The molecule has 0 bridgehead atoms. The number of nitrogens with zero attached hydrogens (tertiary/aromatic N) is 2. The van der Waals surface area contributed by atoms with E-state index in [4.69, 9.17) is 4.74 Å². The van der Waals surface area contributed by atoms with Crippen molar-refractivity contribution in [1.29, 1.82) is 0 Å². The van der Waals surface area contributed by atoms with Crippen LogP contribution in [0.3, 0.4) is 0 Å². The molecule has 25 heavy (non-hydrogen) atoms. The Morgan fingerprint density at radius 2 is 1.96 bits per heavy atom. The number of para-hydroxylation sites is 1. The lowest BCUT2D eigenvalue weighted by molar-refractivity contribution is 0.0931. The fraction of sp³-hybridized carbons (Fsp3) is 0.158. The Balaban J connectivity index is 1.83. The van der Waals surface area contributed by atoms with Gasteiger partial charge in [-0.25, -0.2) is 4.68 Å². The summed E-state index contributed by atoms with van der Waals surface area (Å²) in [6, 6.07) is 17.3. The molecular formula is C19H18BrN3O2. The molecule has 0 saturated carbocycles. The molecule has 1 heterocycles. The van der Waals surface area contributed by atoms with Crippen LogP contribution in [-0.2, 0) is 0 Å². The molecule has 0 fully saturated rings. The molecular weight excluding hydrogens is 382 g/mol. The van der Waals surface area contributed by atoms with Gasteiger partial charge in [0.1, 0.15) is 0 Å². The van der Waals surface area contributed by atoms with E-state index < -0.39 is 0 Å². The number of carbonyl (C=O) groups is 1. The molecule has 0 aliphatic heterocycles. The van der Waals surface area contributed by atoms with Gasteiger partial charge in [0, 0.05) is 4.47 Å². The van der Waals surface area contributed by atoms with Crippen molar-refractivity contribution in [1.82, 2.24) is 15.1 Å². The van der Waals surface area contributed by atoms with Crippen LogP contribution < -0.4 is 10.1 Å². The van der Waals surface area contributed by atoms with Gasteiger partial charge in [-0.3, -0.25) is 4.79 Å². The standard InChI is InChI=1S/C19H18BrN3O2/c1-13(14-7-6-8-15(20)11-14)21-19(24)18-17(25-2)12-23(22-18)16-9-4-3-5-10-16/h3-13H,1-2H3,(H,21,24). The highest BCUT2D eigenvalue weighted by Gasteiger charge is 2.20. The van der Waals surface area contributed by atoms with Crippen molar-refractivity contribution in [3.8, 4) is 11.4 Å². The van der Waals surface area contributed by atoms with Crippen molar-refractivity contribution in [2.45, 2.75) is 13.0 Å². The molecule has 0 spiro atoms. The summed E-state index contributed by atoms with van der Waals surface area (Å²) >= 11 is 3.45. The largest absolute Gasteiger partial charge is 0.493 e. The van der Waals surface area contributed by atoms with Gasteiger partial charge in [-0.15, -0.1) is 0 Å². The lowest BCUT2D eigenvalue weighted by atomic mass is 10.1. The van der Waals surface area contributed by atoms with Gasteiger partial charge in [-0.05, 0) is 36.8 Å². The van der Waals surface area contributed by atoms with Crippen molar-refractivity contribution < 1.29 is 9.53 Å². The predicted octanol–water partition coefficient (Wildman–Crippen LogP) is 4.13. The SMILES string of the molecule is COc1cn(-c2ccccc2)nc1C(=O)NC(C)c1cccc(Br)c1. The smallest absolute Gasteiger partial charge is 0.276 e. The van der Waals surface area contributed by atoms with Gasteiger partial charge in [0.15, 0.2) is 11.4 Å². The summed E-state index contributed by atoms with van der Waals surface area (Å²) in [5.74, 6) is 0.154. The Kier molecular flexibility index (Phi) is 5.19. The quantitative estimate of drug-likeness (QED) is 0.701. The number of hydrogen-bond donors (Lipinski definition) is 1. The molecule has 2 aromatic carbocycles. The molecule has 1 unspecified atom stereocenters. The Bertz CT molecular complexity index is 877. The van der Waals surface area contributed by atoms with E-state index in [9.17, 15) is 4.79 Å². The van der Waals surface area contributed by atoms with E-state index in [1.165, 1.54) is 7.11 Å². The minimum Gasteiger partial charge on any atom is -0.493 e. The second-order valence-corrected chi connectivity index (χ2v) is 6.49. The van der Waals surface area contributed by atoms with Crippen LogP contribution in [0.1, 0.15) is 29.0 Å². The molecule has 3 rings (SSSR count). The number of carbonyl (C=O) groups excluding carboxylic acids is 1. The van der Waals surface area contributed by atoms with Crippen LogP contribution in [0.2, 0.25) is 0 Å². The Morgan fingerprint density at radius 3 is 2.64 bits per heavy atom. The first-order valence-electron chi connectivity index (χ1n) is 7.84. The predicted molar refractivity (Wildman–Crippen MR) is 100 cm³/mol. The first kappa shape index (κ1) is 17.2. The molecule has 1 amide bonds. The van der Waals surface area contributed by atoms with Gasteiger partial charge in [0.25, 0.3) is 5.91 Å². The van der Waals surface area contributed by atoms with E-state index in [-0.39, 0.29) is 17.6 Å². The molecule has 0 aliphatic carbocycles. The van der Waals surface area contributed by atoms with Gasteiger partial charge in [-0.1, -0.05) is 46.3 Å². The number of benzene rings is 2. The summed E-state index contributed by atoms with van der Waals surface area (Å²) in [6.45, 7) is 1.93. The van der Waals surface area contributed by atoms with Crippen molar-refractivity contribution >= 4 is 21.8 Å². The van der Waals surface area contributed by atoms with E-state index >= 15 is 0 Å². The van der Waals surface area contributed by atoms with Crippen LogP contribution in [0.5, 0.6) is 5.75 Å². The zero-order chi connectivity index (χ0) is 17.8. The summed E-state index contributed by atoms with van der Waals surface area (Å²) in [7, 11) is 1.53. The number of methoxy groups -OCH3 is 1. The van der Waals surface area contributed by atoms with Gasteiger partial charge in [-0.2, -0.15) is 5.10 Å². The van der Waals surface area contributed by atoms with E-state index in [2.05, 4.69) is 26.3 Å². The van der Waals surface area contributed by atoms with Crippen molar-refractivity contribution in [2.24, 2.45) is 0 Å². The topological polar surface area (TPSA) is 56.2 Å². The molecule has 1 N–H and O–H groups in total. The second kappa shape index (κ2) is 7.53. The number of amides is 1. The fourth-order valence-electron chi connectivity index (χ4n) is 2.50. The number of hydrogen-bond acceptors (Lipinski definition) is 3. The third kappa shape index (κ3) is 3.91. The first-order valence-corrected chi connectivity index (χ1v) is 8.63. The maximum absolute atomic E-state index is 12.7. The highest BCUT2D eigenvalue weighted by molar-refractivity contribution is 9.10. The Labute approximate surface area is 154 Å². The molecule has 3 aromatic rings. The average Bonchev–Trinajstić information content (AvgIpc) is 3.07. The van der Waals surface area contributed by atoms with Gasteiger partial charge < -0.3 is 10.1 Å². The van der Waals surface area contributed by atoms with Gasteiger partial charge in [0.2, 0.25) is 0 Å². The molecule has 0 saturated heterocycles. The van der Waals surface area contributed by atoms with Crippen LogP contribution in [0.4, 0.5) is 0 Å². The Morgan fingerprint density at radius 1 is 1.20 bits per heavy atom. The molecule has 1 atom stereocenters. The molecule has 5 nitrogen and oxygen atoms in total. The number of halogens is 1. The maximum atomic E-state index is 12.7. The summed E-state index contributed by atoms with van der Waals surface area (Å²) in [4.78, 5) is 12.7. The third-order valence-corrected chi connectivity index (χ3v) is 4.33. The van der Waals surface area contributed by atoms with Crippen molar-refractivity contribution in [2.75, 3.05) is 7.11 Å². The highest BCUT2D eigenvalue weighted by atomic mass is 79.9. The van der Waals surface area contributed by atoms with Crippen LogP contribution in [0.25, 0.3) is 5.69 Å². The maximum Gasteiger partial charge on any atom is 0.276 e. The summed E-state index contributed by atoms with van der Waals surface area (Å²) in [5, 5.41) is 7.35. The average molecular weight is 400 g/mol. The fourth-order valence-corrected chi connectivity index (χ4v) is 2.92. The van der Waals surface area contributed by atoms with Crippen LogP contribution in [-0.4, -0.2) is 22.8 Å². The number of rotatable bonds is 5.